The molecule has 0 aromatic heterocycles. The number of rotatable bonds is 11. The molecule has 0 heterocycles. The van der Waals surface area contributed by atoms with Crippen molar-refractivity contribution in [3.8, 4) is 0 Å². The summed E-state index contributed by atoms with van der Waals surface area (Å²) < 4.78 is 10.2. The average Bonchev–Trinajstić information content (AvgIpc) is 2.76. The summed E-state index contributed by atoms with van der Waals surface area (Å²) in [6.45, 7) is 2.75. The van der Waals surface area contributed by atoms with Crippen molar-refractivity contribution in [1.82, 2.24) is 10.6 Å². The summed E-state index contributed by atoms with van der Waals surface area (Å²) in [7, 11) is 0. The first-order chi connectivity index (χ1) is 14.9. The van der Waals surface area contributed by atoms with Crippen LogP contribution in [0.15, 0.2) is 54.1 Å². The van der Waals surface area contributed by atoms with Gasteiger partial charge in [-0.15, -0.1) is 0 Å². The van der Waals surface area contributed by atoms with Crippen LogP contribution >= 0.6 is 0 Å². The lowest BCUT2D eigenvalue weighted by Crippen LogP contribution is -2.41. The molecule has 2 amide bonds. The van der Waals surface area contributed by atoms with Crippen LogP contribution in [0.1, 0.15) is 38.2 Å². The molecule has 1 aromatic rings. The first-order valence-corrected chi connectivity index (χ1v) is 10.4. The molecule has 0 spiro atoms. The lowest BCUT2D eigenvalue weighted by molar-refractivity contribution is -0.139. The van der Waals surface area contributed by atoms with E-state index in [0.717, 1.165) is 17.6 Å². The van der Waals surface area contributed by atoms with Crippen LogP contribution < -0.4 is 10.6 Å². The second kappa shape index (κ2) is 13.1. The van der Waals surface area contributed by atoms with Crippen molar-refractivity contribution in [1.29, 1.82) is 0 Å². The molecule has 8 nitrogen and oxygen atoms in total. The van der Waals surface area contributed by atoms with Crippen molar-refractivity contribution in [2.24, 2.45) is 5.92 Å². The molecule has 0 radical (unpaired) electrons. The van der Waals surface area contributed by atoms with Crippen molar-refractivity contribution in [2.45, 2.75) is 45.3 Å². The third-order valence-corrected chi connectivity index (χ3v) is 4.70. The number of carboxylic acids is 1. The fraction of sp³-hybridized carbons (Fsp3) is 0.435. The Hall–Kier alpha value is -3.29. The van der Waals surface area contributed by atoms with Crippen LogP contribution in [0.4, 0.5) is 9.59 Å². The molecule has 1 aliphatic rings. The Kier molecular flexibility index (Phi) is 10.1. The monoisotopic (exact) mass is 430 g/mol. The summed E-state index contributed by atoms with van der Waals surface area (Å²) >= 11 is 0. The number of carbonyl (C=O) groups is 3. The van der Waals surface area contributed by atoms with Gasteiger partial charge in [0.05, 0.1) is 0 Å². The van der Waals surface area contributed by atoms with Crippen LogP contribution in [-0.2, 0) is 20.9 Å². The fourth-order valence-corrected chi connectivity index (χ4v) is 3.05. The zero-order valence-electron chi connectivity index (χ0n) is 17.7. The van der Waals surface area contributed by atoms with Gasteiger partial charge in [0, 0.05) is 6.54 Å². The van der Waals surface area contributed by atoms with Gasteiger partial charge in [0.25, 0.3) is 0 Å². The summed E-state index contributed by atoms with van der Waals surface area (Å²) in [5, 5.41) is 14.3. The predicted octanol–water partition coefficient (Wildman–Crippen LogP) is 3.78. The van der Waals surface area contributed by atoms with Crippen molar-refractivity contribution < 1.29 is 29.0 Å². The highest BCUT2D eigenvalue weighted by molar-refractivity contribution is 5.79. The van der Waals surface area contributed by atoms with Gasteiger partial charge in [-0.3, -0.25) is 0 Å². The number of hydrogen-bond donors (Lipinski definition) is 3. The minimum atomic E-state index is -1.13. The number of unbranched alkanes of at least 4 members (excludes halogenated alkanes) is 1. The van der Waals surface area contributed by atoms with Crippen LogP contribution in [0.25, 0.3) is 0 Å². The van der Waals surface area contributed by atoms with Crippen LogP contribution in [-0.4, -0.2) is 42.5 Å². The van der Waals surface area contributed by atoms with Crippen LogP contribution in [0.3, 0.4) is 0 Å². The quantitative estimate of drug-likeness (QED) is 0.460. The number of nitrogens with one attached hydrogen (secondary N) is 2. The Morgan fingerprint density at radius 1 is 1.10 bits per heavy atom. The van der Waals surface area contributed by atoms with E-state index < -0.39 is 24.2 Å². The molecule has 0 aliphatic heterocycles. The zero-order valence-corrected chi connectivity index (χ0v) is 17.7. The largest absolute Gasteiger partial charge is 0.480 e. The summed E-state index contributed by atoms with van der Waals surface area (Å²) in [4.78, 5) is 35.0. The molecule has 1 aliphatic carbocycles. The van der Waals surface area contributed by atoms with Gasteiger partial charge < -0.3 is 25.2 Å². The number of amides is 2. The van der Waals surface area contributed by atoms with E-state index in [2.05, 4.69) is 29.7 Å². The molecular weight excluding hydrogens is 400 g/mol. The SMILES string of the molecule is CC1C=C(COC(=O)NCCCC[C@H](NC(=O)OCc2ccccc2)C(=O)O)C=CC1. The maximum atomic E-state index is 11.9. The Morgan fingerprint density at radius 3 is 2.55 bits per heavy atom. The minimum absolute atomic E-state index is 0.0661. The summed E-state index contributed by atoms with van der Waals surface area (Å²) in [6.07, 6.45) is 7.08. The number of alkyl carbamates (subject to hydrolysis) is 2. The van der Waals surface area contributed by atoms with E-state index in [1.165, 1.54) is 0 Å². The molecule has 0 saturated carbocycles. The van der Waals surface area contributed by atoms with Gasteiger partial charge in [0.15, 0.2) is 0 Å². The molecule has 168 valence electrons. The Balaban J connectivity index is 1.59. The lowest BCUT2D eigenvalue weighted by atomic mass is 9.99. The second-order valence-corrected chi connectivity index (χ2v) is 7.45. The predicted molar refractivity (Wildman–Crippen MR) is 115 cm³/mol. The molecule has 1 aromatic carbocycles. The number of allylic oxidation sites excluding steroid dienone is 2. The van der Waals surface area contributed by atoms with Gasteiger partial charge in [-0.05, 0) is 42.7 Å². The molecular formula is C23H30N2O6. The average molecular weight is 431 g/mol. The standard InChI is InChI=1S/C23H30N2O6/c1-17-8-7-11-19(14-17)16-30-22(28)24-13-6-5-12-20(21(26)27)25-23(29)31-15-18-9-3-2-4-10-18/h2-4,7,9-11,14,17,20H,5-6,8,12-13,15-16H2,1H3,(H,24,28)(H,25,29)(H,26,27)/t17?,20-/m0/s1. The first-order valence-electron chi connectivity index (χ1n) is 10.4. The fourth-order valence-electron chi connectivity index (χ4n) is 3.05. The smallest absolute Gasteiger partial charge is 0.408 e. The molecule has 3 N–H and O–H groups in total. The van der Waals surface area contributed by atoms with E-state index >= 15 is 0 Å². The summed E-state index contributed by atoms with van der Waals surface area (Å²) in [5.41, 5.74) is 1.79. The van der Waals surface area contributed by atoms with E-state index in [9.17, 15) is 19.5 Å². The lowest BCUT2D eigenvalue weighted by Gasteiger charge is -2.15. The Labute approximate surface area is 182 Å². The maximum absolute atomic E-state index is 11.9. The first kappa shape index (κ1) is 24.0. The van der Waals surface area contributed by atoms with Crippen LogP contribution in [0.5, 0.6) is 0 Å². The molecule has 31 heavy (non-hydrogen) atoms. The van der Waals surface area contributed by atoms with Gasteiger partial charge in [-0.2, -0.15) is 0 Å². The number of benzene rings is 1. The van der Waals surface area contributed by atoms with Crippen molar-refractivity contribution in [2.75, 3.05) is 13.2 Å². The number of carboxylic acid groups (broad SMARTS) is 1. The van der Waals surface area contributed by atoms with Crippen molar-refractivity contribution in [3.05, 3.63) is 59.7 Å². The zero-order chi connectivity index (χ0) is 22.5. The molecule has 8 heteroatoms. The van der Waals surface area contributed by atoms with Gasteiger partial charge in [0.1, 0.15) is 19.3 Å². The molecule has 1 unspecified atom stereocenters. The van der Waals surface area contributed by atoms with E-state index in [-0.39, 0.29) is 19.6 Å². The van der Waals surface area contributed by atoms with E-state index in [0.29, 0.717) is 25.3 Å². The van der Waals surface area contributed by atoms with E-state index in [1.807, 2.05) is 36.4 Å². The number of aliphatic carboxylic acids is 1. The molecule has 0 bridgehead atoms. The third-order valence-electron chi connectivity index (χ3n) is 4.70. The molecule has 2 atom stereocenters. The summed E-state index contributed by atoms with van der Waals surface area (Å²) in [5.74, 6) is -0.690. The van der Waals surface area contributed by atoms with E-state index in [4.69, 9.17) is 9.47 Å². The Morgan fingerprint density at radius 2 is 1.84 bits per heavy atom. The normalized spacial score (nSPS) is 16.0. The van der Waals surface area contributed by atoms with Crippen molar-refractivity contribution >= 4 is 18.2 Å². The van der Waals surface area contributed by atoms with Crippen LogP contribution in [0, 0.1) is 5.92 Å². The molecule has 0 fully saturated rings. The molecule has 2 rings (SSSR count). The highest BCUT2D eigenvalue weighted by Gasteiger charge is 2.20. The Bertz CT molecular complexity index is 791. The van der Waals surface area contributed by atoms with Gasteiger partial charge >= 0.3 is 18.2 Å². The summed E-state index contributed by atoms with van der Waals surface area (Å²) in [6, 6.07) is 8.07. The van der Waals surface area contributed by atoms with E-state index in [1.54, 1.807) is 0 Å². The second-order valence-electron chi connectivity index (χ2n) is 7.45. The highest BCUT2D eigenvalue weighted by Crippen LogP contribution is 2.15. The number of hydrogen-bond acceptors (Lipinski definition) is 5. The van der Waals surface area contributed by atoms with Crippen LogP contribution in [0.2, 0.25) is 0 Å². The van der Waals surface area contributed by atoms with Crippen molar-refractivity contribution in [3.63, 3.8) is 0 Å². The van der Waals surface area contributed by atoms with Gasteiger partial charge in [-0.1, -0.05) is 55.5 Å². The maximum Gasteiger partial charge on any atom is 0.408 e. The number of ether oxygens (including phenoxy) is 2. The minimum Gasteiger partial charge on any atom is -0.480 e. The topological polar surface area (TPSA) is 114 Å². The molecule has 0 saturated heterocycles. The number of carbonyl (C=O) groups excluding carboxylic acids is 2. The third kappa shape index (κ3) is 9.84. The highest BCUT2D eigenvalue weighted by atomic mass is 16.6. The van der Waals surface area contributed by atoms with Gasteiger partial charge in [-0.25, -0.2) is 14.4 Å². The van der Waals surface area contributed by atoms with Gasteiger partial charge in [0.2, 0.25) is 0 Å².